The van der Waals surface area contributed by atoms with Crippen molar-refractivity contribution in [2.75, 3.05) is 14.2 Å². The molecule has 0 aliphatic carbocycles. The number of allylic oxidation sites excluding steroid dienone is 2. The van der Waals surface area contributed by atoms with Gasteiger partial charge in [0, 0.05) is 17.3 Å². The number of fused-ring (bicyclic) bond motifs is 1. The van der Waals surface area contributed by atoms with Crippen LogP contribution in [0.2, 0.25) is 0 Å². The molecule has 2 aliphatic rings. The summed E-state index contributed by atoms with van der Waals surface area (Å²) in [6.45, 7) is 4.30. The zero-order chi connectivity index (χ0) is 19.0. The molecule has 2 heterocycles. The minimum atomic E-state index is 0.241. The van der Waals surface area contributed by atoms with Gasteiger partial charge in [-0.15, -0.1) is 0 Å². The van der Waals surface area contributed by atoms with Gasteiger partial charge >= 0.3 is 0 Å². The number of nitrogens with one attached hydrogen (secondary N) is 1. The van der Waals surface area contributed by atoms with Crippen molar-refractivity contribution in [1.29, 1.82) is 0 Å². The maximum absolute atomic E-state index is 5.58. The highest BCUT2D eigenvalue weighted by Gasteiger charge is 2.23. The molecule has 0 radical (unpaired) electrons. The smallest absolute Gasteiger partial charge is 0.146 e. The molecule has 0 saturated heterocycles. The fourth-order valence-corrected chi connectivity index (χ4v) is 3.66. The minimum Gasteiger partial charge on any atom is -0.497 e. The van der Waals surface area contributed by atoms with Crippen LogP contribution in [-0.2, 0) is 4.74 Å². The van der Waals surface area contributed by atoms with Gasteiger partial charge in [-0.2, -0.15) is 0 Å². The van der Waals surface area contributed by atoms with Crippen molar-refractivity contribution in [3.8, 4) is 5.75 Å². The Morgan fingerprint density at radius 1 is 1.04 bits per heavy atom. The zero-order valence-corrected chi connectivity index (χ0v) is 16.1. The summed E-state index contributed by atoms with van der Waals surface area (Å²) in [5.74, 6) is 2.10. The molecule has 138 valence electrons. The van der Waals surface area contributed by atoms with Crippen molar-refractivity contribution in [3.05, 3.63) is 77.3 Å². The minimum absolute atomic E-state index is 0.241. The Labute approximate surface area is 159 Å². The third-order valence-electron chi connectivity index (χ3n) is 5.14. The molecule has 4 nitrogen and oxygen atoms in total. The standard InChI is InChI=1S/C23H24N2O2/c1-14-9-15(2)24-20(14)12-22-23(27-4)13-21(25-22)18-6-5-17-11-19(26-3)8-7-16(17)10-18/h5-14,20,24H,1-4H3/b22-12-/t14-,20?/m0/s1. The van der Waals surface area contributed by atoms with Gasteiger partial charge < -0.3 is 14.8 Å². The first-order valence-corrected chi connectivity index (χ1v) is 9.17. The van der Waals surface area contributed by atoms with E-state index in [1.54, 1.807) is 14.2 Å². The number of rotatable bonds is 4. The molecule has 0 aromatic heterocycles. The van der Waals surface area contributed by atoms with E-state index in [0.29, 0.717) is 5.92 Å². The number of hydrogen-bond acceptors (Lipinski definition) is 4. The van der Waals surface area contributed by atoms with Crippen LogP contribution in [0.15, 0.2) is 76.8 Å². The molecule has 4 rings (SSSR count). The first-order chi connectivity index (χ1) is 13.1. The summed E-state index contributed by atoms with van der Waals surface area (Å²) in [5.41, 5.74) is 4.09. The number of nitrogens with zero attached hydrogens (tertiary/aromatic N) is 1. The zero-order valence-electron chi connectivity index (χ0n) is 16.1. The van der Waals surface area contributed by atoms with E-state index in [0.717, 1.165) is 39.3 Å². The molecular formula is C23H24N2O2. The number of benzene rings is 2. The van der Waals surface area contributed by atoms with Crippen LogP contribution in [0.25, 0.3) is 10.8 Å². The van der Waals surface area contributed by atoms with E-state index < -0.39 is 0 Å². The van der Waals surface area contributed by atoms with E-state index in [-0.39, 0.29) is 6.04 Å². The molecule has 0 amide bonds. The quantitative estimate of drug-likeness (QED) is 0.868. The molecule has 0 fully saturated rings. The highest BCUT2D eigenvalue weighted by atomic mass is 16.5. The maximum atomic E-state index is 5.58. The number of aliphatic imine (C=N–C) groups is 1. The number of hydrogen-bond donors (Lipinski definition) is 1. The monoisotopic (exact) mass is 360 g/mol. The topological polar surface area (TPSA) is 42.9 Å². The van der Waals surface area contributed by atoms with Gasteiger partial charge in [0.05, 0.1) is 26.0 Å². The van der Waals surface area contributed by atoms with E-state index in [9.17, 15) is 0 Å². The molecule has 0 bridgehead atoms. The van der Waals surface area contributed by atoms with Crippen molar-refractivity contribution in [2.45, 2.75) is 19.9 Å². The third-order valence-corrected chi connectivity index (χ3v) is 5.14. The van der Waals surface area contributed by atoms with Crippen LogP contribution in [0.1, 0.15) is 19.4 Å². The lowest BCUT2D eigenvalue weighted by molar-refractivity contribution is 0.301. The van der Waals surface area contributed by atoms with Crippen molar-refractivity contribution in [1.82, 2.24) is 5.32 Å². The fraction of sp³-hybridized carbons (Fsp3) is 0.261. The van der Waals surface area contributed by atoms with E-state index in [1.807, 2.05) is 18.2 Å². The Balaban J connectivity index is 1.67. The molecule has 0 saturated carbocycles. The summed E-state index contributed by atoms with van der Waals surface area (Å²) in [5, 5.41) is 5.79. The summed E-state index contributed by atoms with van der Waals surface area (Å²) in [7, 11) is 3.38. The number of methoxy groups -OCH3 is 2. The fourth-order valence-electron chi connectivity index (χ4n) is 3.66. The summed E-state index contributed by atoms with van der Waals surface area (Å²) in [6.07, 6.45) is 6.41. The summed E-state index contributed by atoms with van der Waals surface area (Å²) < 4.78 is 10.9. The van der Waals surface area contributed by atoms with Crippen LogP contribution in [-0.4, -0.2) is 26.0 Å². The van der Waals surface area contributed by atoms with E-state index >= 15 is 0 Å². The average Bonchev–Trinajstić information content (AvgIpc) is 3.23. The first-order valence-electron chi connectivity index (χ1n) is 9.17. The Kier molecular flexibility index (Phi) is 4.48. The molecule has 4 heteroatoms. The molecule has 2 aliphatic heterocycles. The lowest BCUT2D eigenvalue weighted by Gasteiger charge is -2.13. The SMILES string of the molecule is COC1=CC(c2ccc3cc(OC)ccc3c2)=N/C1=C\C1NC(C)=C[C@@H]1C. The highest BCUT2D eigenvalue weighted by Crippen LogP contribution is 2.28. The Bertz CT molecular complexity index is 1010. The molecule has 1 N–H and O–H groups in total. The van der Waals surface area contributed by atoms with Crippen LogP contribution < -0.4 is 10.1 Å². The average molecular weight is 360 g/mol. The van der Waals surface area contributed by atoms with Crippen molar-refractivity contribution in [3.63, 3.8) is 0 Å². The number of ether oxygens (including phenoxy) is 2. The third kappa shape index (κ3) is 3.35. The summed E-state index contributed by atoms with van der Waals surface area (Å²) in [4.78, 5) is 4.85. The van der Waals surface area contributed by atoms with Gasteiger partial charge in [-0.05, 0) is 47.9 Å². The van der Waals surface area contributed by atoms with Gasteiger partial charge in [0.15, 0.2) is 0 Å². The molecule has 0 spiro atoms. The van der Waals surface area contributed by atoms with Gasteiger partial charge in [0.1, 0.15) is 17.2 Å². The second kappa shape index (κ2) is 6.95. The van der Waals surface area contributed by atoms with E-state index in [2.05, 4.69) is 55.6 Å². The highest BCUT2D eigenvalue weighted by molar-refractivity contribution is 6.13. The van der Waals surface area contributed by atoms with Crippen LogP contribution >= 0.6 is 0 Å². The van der Waals surface area contributed by atoms with Crippen LogP contribution in [0, 0.1) is 5.92 Å². The second-order valence-electron chi connectivity index (χ2n) is 7.07. The molecule has 27 heavy (non-hydrogen) atoms. The van der Waals surface area contributed by atoms with Gasteiger partial charge in [0.25, 0.3) is 0 Å². The van der Waals surface area contributed by atoms with Gasteiger partial charge in [-0.25, -0.2) is 4.99 Å². The predicted octanol–water partition coefficient (Wildman–Crippen LogP) is 4.58. The molecular weight excluding hydrogens is 336 g/mol. The second-order valence-corrected chi connectivity index (χ2v) is 7.07. The molecule has 2 atom stereocenters. The molecule has 1 unspecified atom stereocenters. The normalized spacial score (nSPS) is 23.1. The Morgan fingerprint density at radius 3 is 2.52 bits per heavy atom. The molecule has 2 aromatic rings. The lowest BCUT2D eigenvalue weighted by Crippen LogP contribution is -2.24. The van der Waals surface area contributed by atoms with Gasteiger partial charge in [0.2, 0.25) is 0 Å². The Hall–Kier alpha value is -3.01. The largest absolute Gasteiger partial charge is 0.497 e. The van der Waals surface area contributed by atoms with Crippen LogP contribution in [0.3, 0.4) is 0 Å². The van der Waals surface area contributed by atoms with Crippen molar-refractivity contribution in [2.24, 2.45) is 10.9 Å². The molecule has 2 aromatic carbocycles. The first kappa shape index (κ1) is 17.4. The summed E-state index contributed by atoms with van der Waals surface area (Å²) >= 11 is 0. The van der Waals surface area contributed by atoms with Crippen LogP contribution in [0.4, 0.5) is 0 Å². The van der Waals surface area contributed by atoms with Crippen LogP contribution in [0.5, 0.6) is 5.75 Å². The lowest BCUT2D eigenvalue weighted by atomic mass is 10.0. The summed E-state index contributed by atoms with van der Waals surface area (Å²) in [6, 6.07) is 12.7. The predicted molar refractivity (Wildman–Crippen MR) is 110 cm³/mol. The van der Waals surface area contributed by atoms with Crippen molar-refractivity contribution >= 4 is 16.5 Å². The van der Waals surface area contributed by atoms with Gasteiger partial charge in [-0.3, -0.25) is 0 Å². The van der Waals surface area contributed by atoms with E-state index in [4.69, 9.17) is 14.5 Å². The van der Waals surface area contributed by atoms with Crippen molar-refractivity contribution < 1.29 is 9.47 Å². The maximum Gasteiger partial charge on any atom is 0.146 e. The van der Waals surface area contributed by atoms with Gasteiger partial charge in [-0.1, -0.05) is 31.2 Å². The Morgan fingerprint density at radius 2 is 1.81 bits per heavy atom. The van der Waals surface area contributed by atoms with E-state index in [1.165, 1.54) is 5.70 Å².